The molecule has 0 aliphatic carbocycles. The molecule has 0 radical (unpaired) electrons. The molecular formula is C25H39FN2O5Si. The number of aliphatic hydroxyl groups is 2. The molecule has 0 bridgehead atoms. The first kappa shape index (κ1) is 26.8. The van der Waals surface area contributed by atoms with Crippen LogP contribution in [0.15, 0.2) is 24.3 Å². The minimum atomic E-state index is -3.07. The lowest BCUT2D eigenvalue weighted by Gasteiger charge is -2.30. The van der Waals surface area contributed by atoms with Crippen LogP contribution in [-0.4, -0.2) is 72.8 Å². The molecule has 7 nitrogen and oxygen atoms in total. The molecule has 2 saturated heterocycles. The summed E-state index contributed by atoms with van der Waals surface area (Å²) in [7, 11) is -3.07. The number of nitrogens with zero attached hydrogens (tertiary/aromatic N) is 1. The van der Waals surface area contributed by atoms with Gasteiger partial charge in [0.25, 0.3) is 5.91 Å². The summed E-state index contributed by atoms with van der Waals surface area (Å²) in [5.74, 6) is -0.487. The van der Waals surface area contributed by atoms with Crippen LogP contribution >= 0.6 is 0 Å². The Labute approximate surface area is 202 Å². The molecule has 1 aromatic rings. The summed E-state index contributed by atoms with van der Waals surface area (Å²) in [6.45, 7) is 7.45. The largest absolute Gasteiger partial charge is 0.394 e. The van der Waals surface area contributed by atoms with Crippen LogP contribution in [0.3, 0.4) is 0 Å². The molecule has 2 fully saturated rings. The van der Waals surface area contributed by atoms with E-state index < -0.39 is 26.5 Å². The summed E-state index contributed by atoms with van der Waals surface area (Å²) in [6, 6.07) is 7.30. The summed E-state index contributed by atoms with van der Waals surface area (Å²) < 4.78 is 21.7. The highest BCUT2D eigenvalue weighted by molar-refractivity contribution is 6.72. The Kier molecular flexibility index (Phi) is 8.89. The number of rotatable bonds is 9. The number of carbonyl (C=O) groups excluding carboxylic acids is 2. The fourth-order valence-corrected chi connectivity index (χ4v) is 8.08. The number of benzene rings is 1. The average molecular weight is 495 g/mol. The van der Waals surface area contributed by atoms with E-state index in [0.29, 0.717) is 12.2 Å². The number of likely N-dealkylation sites (tertiary alicyclic amines) is 1. The van der Waals surface area contributed by atoms with Crippen molar-refractivity contribution in [2.24, 2.45) is 5.92 Å². The van der Waals surface area contributed by atoms with E-state index in [-0.39, 0.29) is 42.5 Å². The van der Waals surface area contributed by atoms with Gasteiger partial charge in [-0.25, -0.2) is 0 Å². The molecule has 9 heteroatoms. The number of nitrogens with one attached hydrogen (secondary N) is 1. The van der Waals surface area contributed by atoms with Gasteiger partial charge >= 0.3 is 0 Å². The van der Waals surface area contributed by atoms with Crippen molar-refractivity contribution >= 4 is 25.9 Å². The van der Waals surface area contributed by atoms with Gasteiger partial charge in [0.2, 0.25) is 14.3 Å². The SMILES string of the molecule is C[C@H]1[C@H]([Si](C)(C)F)[C@@H](CC(=O)N2CCC[C@H]2CO)O[C@H]1CCc1ccc(NC(=O)[C@H](C)O)cc1. The molecule has 190 valence electrons. The number of amides is 2. The number of carbonyl (C=O) groups is 2. The number of anilines is 1. The molecule has 2 aliphatic rings. The molecule has 3 rings (SSSR count). The Morgan fingerprint density at radius 1 is 1.26 bits per heavy atom. The third-order valence-corrected chi connectivity index (χ3v) is 9.78. The molecule has 6 atom stereocenters. The molecule has 2 amide bonds. The van der Waals surface area contributed by atoms with Crippen molar-refractivity contribution in [1.29, 1.82) is 0 Å². The van der Waals surface area contributed by atoms with E-state index in [1.807, 2.05) is 19.1 Å². The first-order valence-corrected chi connectivity index (χ1v) is 15.3. The van der Waals surface area contributed by atoms with Gasteiger partial charge in [-0.15, -0.1) is 0 Å². The first-order valence-electron chi connectivity index (χ1n) is 12.3. The van der Waals surface area contributed by atoms with Crippen LogP contribution in [0, 0.1) is 5.92 Å². The zero-order valence-corrected chi connectivity index (χ0v) is 21.7. The van der Waals surface area contributed by atoms with E-state index in [9.17, 15) is 19.8 Å². The smallest absolute Gasteiger partial charge is 0.252 e. The Morgan fingerprint density at radius 3 is 2.53 bits per heavy atom. The van der Waals surface area contributed by atoms with Crippen LogP contribution in [0.5, 0.6) is 0 Å². The van der Waals surface area contributed by atoms with Crippen molar-refractivity contribution in [3.63, 3.8) is 0 Å². The van der Waals surface area contributed by atoms with Gasteiger partial charge in [0.1, 0.15) is 6.10 Å². The number of halogens is 1. The van der Waals surface area contributed by atoms with Crippen molar-refractivity contribution in [3.05, 3.63) is 29.8 Å². The zero-order valence-electron chi connectivity index (χ0n) is 20.7. The highest BCUT2D eigenvalue weighted by Gasteiger charge is 2.52. The van der Waals surface area contributed by atoms with Crippen LogP contribution in [0.1, 0.15) is 45.1 Å². The average Bonchev–Trinajstić information content (AvgIpc) is 3.37. The fraction of sp³-hybridized carbons (Fsp3) is 0.680. The standard InChI is InChI=1S/C25H39FN2O5Si/c1-16-21(12-9-18-7-10-19(11-8-18)27-25(32)17(2)30)33-22(24(16)34(3,4)26)14-23(31)28-13-5-6-20(28)15-29/h7-8,10-11,16-17,20-22,24,29-30H,5-6,9,12-15H2,1-4H3,(H,27,32)/t16-,17+,20+,21+,22-,24+/m1/s1. The lowest BCUT2D eigenvalue weighted by Crippen LogP contribution is -2.42. The van der Waals surface area contributed by atoms with Crippen LogP contribution in [-0.2, 0) is 20.7 Å². The third-order valence-electron chi connectivity index (χ3n) is 7.30. The maximum Gasteiger partial charge on any atom is 0.252 e. The van der Waals surface area contributed by atoms with Crippen LogP contribution in [0.25, 0.3) is 0 Å². The van der Waals surface area contributed by atoms with Gasteiger partial charge in [-0.1, -0.05) is 19.1 Å². The normalized spacial score (nSPS) is 28.2. The van der Waals surface area contributed by atoms with Gasteiger partial charge in [-0.3, -0.25) is 9.59 Å². The second-order valence-electron chi connectivity index (χ2n) is 10.3. The zero-order chi connectivity index (χ0) is 25.0. The van der Waals surface area contributed by atoms with Gasteiger partial charge in [0.15, 0.2) is 0 Å². The Hall–Kier alpha value is -1.81. The van der Waals surface area contributed by atoms with Gasteiger partial charge in [0.05, 0.1) is 31.3 Å². The maximum absolute atomic E-state index is 15.3. The predicted octanol–water partition coefficient (Wildman–Crippen LogP) is 3.26. The number of aliphatic hydroxyl groups excluding tert-OH is 2. The van der Waals surface area contributed by atoms with E-state index >= 15 is 4.11 Å². The molecule has 34 heavy (non-hydrogen) atoms. The highest BCUT2D eigenvalue weighted by atomic mass is 28.4. The lowest BCUT2D eigenvalue weighted by molar-refractivity contribution is -0.135. The summed E-state index contributed by atoms with van der Waals surface area (Å²) in [5, 5.41) is 21.5. The van der Waals surface area contributed by atoms with Gasteiger partial charge in [0, 0.05) is 17.8 Å². The van der Waals surface area contributed by atoms with Crippen molar-refractivity contribution in [1.82, 2.24) is 4.90 Å². The molecule has 3 N–H and O–H groups in total. The topological polar surface area (TPSA) is 99.1 Å². The van der Waals surface area contributed by atoms with Crippen molar-refractivity contribution in [2.75, 3.05) is 18.5 Å². The maximum atomic E-state index is 15.3. The molecule has 2 aliphatic heterocycles. The van der Waals surface area contributed by atoms with Crippen molar-refractivity contribution < 1.29 is 28.6 Å². The monoisotopic (exact) mass is 494 g/mol. The van der Waals surface area contributed by atoms with Crippen molar-refractivity contribution in [2.45, 2.75) is 88.9 Å². The summed E-state index contributed by atoms with van der Waals surface area (Å²) in [4.78, 5) is 26.3. The van der Waals surface area contributed by atoms with E-state index in [0.717, 1.165) is 31.2 Å². The minimum absolute atomic E-state index is 0.0151. The van der Waals surface area contributed by atoms with E-state index in [1.54, 1.807) is 30.1 Å². The van der Waals surface area contributed by atoms with E-state index in [4.69, 9.17) is 4.74 Å². The molecular weight excluding hydrogens is 455 g/mol. The van der Waals surface area contributed by atoms with Crippen LogP contribution in [0.2, 0.25) is 18.6 Å². The molecule has 0 unspecified atom stereocenters. The van der Waals surface area contributed by atoms with Crippen LogP contribution < -0.4 is 5.32 Å². The Bertz CT molecular complexity index is 845. The second kappa shape index (κ2) is 11.3. The Morgan fingerprint density at radius 2 is 1.94 bits per heavy atom. The fourth-order valence-electron chi connectivity index (χ4n) is 5.53. The number of aryl methyl sites for hydroxylation is 1. The summed E-state index contributed by atoms with van der Waals surface area (Å²) >= 11 is 0. The highest BCUT2D eigenvalue weighted by Crippen LogP contribution is 2.47. The lowest BCUT2D eigenvalue weighted by atomic mass is 9.95. The van der Waals surface area contributed by atoms with Gasteiger partial charge < -0.3 is 29.3 Å². The number of hydrogen-bond acceptors (Lipinski definition) is 5. The summed E-state index contributed by atoms with van der Waals surface area (Å²) in [6.07, 6.45) is 1.67. The Balaban J connectivity index is 1.61. The van der Waals surface area contributed by atoms with E-state index in [2.05, 4.69) is 5.32 Å². The van der Waals surface area contributed by atoms with Crippen molar-refractivity contribution in [3.8, 4) is 0 Å². The molecule has 2 heterocycles. The minimum Gasteiger partial charge on any atom is -0.394 e. The molecule has 0 aromatic heterocycles. The predicted molar refractivity (Wildman–Crippen MR) is 132 cm³/mol. The third kappa shape index (κ3) is 6.44. The van der Waals surface area contributed by atoms with Crippen LogP contribution in [0.4, 0.5) is 9.80 Å². The van der Waals surface area contributed by atoms with Gasteiger partial charge in [-0.05, 0) is 69.3 Å². The first-order chi connectivity index (χ1) is 16.0. The molecule has 0 spiro atoms. The number of ether oxygens (including phenoxy) is 1. The quantitative estimate of drug-likeness (QED) is 0.362. The van der Waals surface area contributed by atoms with Gasteiger partial charge in [-0.2, -0.15) is 0 Å². The second-order valence-corrected chi connectivity index (χ2v) is 14.1. The van der Waals surface area contributed by atoms with E-state index in [1.165, 1.54) is 6.92 Å². The molecule has 1 aromatic carbocycles. The number of hydrogen-bond donors (Lipinski definition) is 3. The molecule has 0 saturated carbocycles. The summed E-state index contributed by atoms with van der Waals surface area (Å²) in [5.41, 5.74) is 1.43.